The van der Waals surface area contributed by atoms with Crippen molar-refractivity contribution < 1.29 is 9.50 Å². The fourth-order valence-corrected chi connectivity index (χ4v) is 2.32. The van der Waals surface area contributed by atoms with Crippen LogP contribution in [0.5, 0.6) is 0 Å². The molecular formula is C13H18FNO. The van der Waals surface area contributed by atoms with Gasteiger partial charge in [0.1, 0.15) is 5.82 Å². The first-order chi connectivity index (χ1) is 7.61. The summed E-state index contributed by atoms with van der Waals surface area (Å²) in [6.07, 6.45) is 2.09. The van der Waals surface area contributed by atoms with Crippen molar-refractivity contribution in [2.24, 2.45) is 0 Å². The van der Waals surface area contributed by atoms with Crippen molar-refractivity contribution >= 4 is 0 Å². The van der Waals surface area contributed by atoms with Gasteiger partial charge in [-0.15, -0.1) is 0 Å². The monoisotopic (exact) mass is 223 g/mol. The summed E-state index contributed by atoms with van der Waals surface area (Å²) >= 11 is 0. The fourth-order valence-electron chi connectivity index (χ4n) is 2.32. The number of aliphatic hydroxyl groups is 1. The first-order valence-electron chi connectivity index (χ1n) is 5.78. The zero-order valence-electron chi connectivity index (χ0n) is 9.59. The molecule has 2 rings (SSSR count). The Kier molecular flexibility index (Phi) is 3.26. The molecule has 0 saturated carbocycles. The molecule has 1 aromatic rings. The van der Waals surface area contributed by atoms with Crippen molar-refractivity contribution in [2.45, 2.75) is 31.8 Å². The van der Waals surface area contributed by atoms with E-state index in [1.165, 1.54) is 6.07 Å². The van der Waals surface area contributed by atoms with Crippen LogP contribution in [0.1, 0.15) is 24.0 Å². The minimum absolute atomic E-state index is 0.209. The Hall–Kier alpha value is -0.930. The largest absolute Gasteiger partial charge is 0.388 e. The van der Waals surface area contributed by atoms with Crippen molar-refractivity contribution in [3.63, 3.8) is 0 Å². The van der Waals surface area contributed by atoms with Gasteiger partial charge in [-0.1, -0.05) is 12.1 Å². The van der Waals surface area contributed by atoms with Gasteiger partial charge >= 0.3 is 0 Å². The summed E-state index contributed by atoms with van der Waals surface area (Å²) in [7, 11) is 0. The van der Waals surface area contributed by atoms with Crippen molar-refractivity contribution in [2.75, 3.05) is 13.1 Å². The lowest BCUT2D eigenvalue weighted by Crippen LogP contribution is -2.47. The van der Waals surface area contributed by atoms with Gasteiger partial charge in [0.25, 0.3) is 0 Å². The number of rotatable bonds is 2. The second kappa shape index (κ2) is 4.52. The van der Waals surface area contributed by atoms with Gasteiger partial charge in [-0.2, -0.15) is 0 Å². The standard InChI is InChI=1S/C13H18FNO/c1-10-4-2-5-12(14)11(10)8-13(16)6-3-7-15-9-13/h2,4-5,15-16H,3,6-9H2,1H3. The third kappa shape index (κ3) is 2.42. The maximum atomic E-state index is 13.6. The molecule has 1 fully saturated rings. The van der Waals surface area contributed by atoms with E-state index in [1.807, 2.05) is 13.0 Å². The zero-order chi connectivity index (χ0) is 11.6. The van der Waals surface area contributed by atoms with Gasteiger partial charge in [-0.3, -0.25) is 0 Å². The third-order valence-corrected chi connectivity index (χ3v) is 3.31. The molecule has 1 aliphatic heterocycles. The molecule has 1 saturated heterocycles. The molecule has 0 amide bonds. The van der Waals surface area contributed by atoms with Crippen LogP contribution in [0.25, 0.3) is 0 Å². The van der Waals surface area contributed by atoms with Crippen LogP contribution in [0.3, 0.4) is 0 Å². The van der Waals surface area contributed by atoms with Gasteiger partial charge in [0.15, 0.2) is 0 Å². The first kappa shape index (κ1) is 11.6. The highest BCUT2D eigenvalue weighted by Gasteiger charge is 2.30. The third-order valence-electron chi connectivity index (χ3n) is 3.31. The molecule has 3 heteroatoms. The number of benzene rings is 1. The van der Waals surface area contributed by atoms with Crippen LogP contribution in [0.15, 0.2) is 18.2 Å². The number of piperidine rings is 1. The Bertz CT molecular complexity index is 352. The minimum Gasteiger partial charge on any atom is -0.388 e. The second-order valence-electron chi connectivity index (χ2n) is 4.72. The van der Waals surface area contributed by atoms with Crippen molar-refractivity contribution in [3.8, 4) is 0 Å². The van der Waals surface area contributed by atoms with Gasteiger partial charge in [-0.25, -0.2) is 4.39 Å². The molecule has 88 valence electrons. The minimum atomic E-state index is -0.787. The summed E-state index contributed by atoms with van der Waals surface area (Å²) in [5.74, 6) is -0.209. The lowest BCUT2D eigenvalue weighted by atomic mass is 9.86. The summed E-state index contributed by atoms with van der Waals surface area (Å²) in [5.41, 5.74) is 0.776. The topological polar surface area (TPSA) is 32.3 Å². The van der Waals surface area contributed by atoms with E-state index < -0.39 is 5.60 Å². The highest BCUT2D eigenvalue weighted by molar-refractivity contribution is 5.29. The summed E-state index contributed by atoms with van der Waals surface area (Å²) in [6, 6.07) is 5.05. The first-order valence-corrected chi connectivity index (χ1v) is 5.78. The molecule has 2 N–H and O–H groups in total. The molecule has 0 spiro atoms. The van der Waals surface area contributed by atoms with E-state index in [1.54, 1.807) is 6.07 Å². The van der Waals surface area contributed by atoms with Gasteiger partial charge in [0, 0.05) is 13.0 Å². The van der Waals surface area contributed by atoms with Crippen LogP contribution in [0, 0.1) is 12.7 Å². The Balaban J connectivity index is 2.19. The number of aryl methyl sites for hydroxylation is 1. The summed E-state index contributed by atoms with van der Waals surface area (Å²) in [5, 5.41) is 13.5. The second-order valence-corrected chi connectivity index (χ2v) is 4.72. The van der Waals surface area contributed by atoms with Crippen LogP contribution in [-0.4, -0.2) is 23.8 Å². The van der Waals surface area contributed by atoms with E-state index in [9.17, 15) is 9.50 Å². The maximum absolute atomic E-state index is 13.6. The quantitative estimate of drug-likeness (QED) is 0.801. The normalized spacial score (nSPS) is 25.7. The van der Waals surface area contributed by atoms with E-state index in [4.69, 9.17) is 0 Å². The summed E-state index contributed by atoms with van der Waals surface area (Å²) < 4.78 is 13.6. The van der Waals surface area contributed by atoms with Crippen LogP contribution in [-0.2, 0) is 6.42 Å². The number of hydrogen-bond acceptors (Lipinski definition) is 2. The molecule has 0 aromatic heterocycles. The Morgan fingerprint density at radius 1 is 1.50 bits per heavy atom. The highest BCUT2D eigenvalue weighted by atomic mass is 19.1. The lowest BCUT2D eigenvalue weighted by molar-refractivity contribution is 0.0161. The van der Waals surface area contributed by atoms with E-state index in [2.05, 4.69) is 5.32 Å². The molecule has 0 aliphatic carbocycles. The number of halogens is 1. The number of hydrogen-bond donors (Lipinski definition) is 2. The molecule has 1 atom stereocenters. The van der Waals surface area contributed by atoms with E-state index in [-0.39, 0.29) is 5.82 Å². The predicted molar refractivity (Wildman–Crippen MR) is 61.9 cm³/mol. The molecule has 1 aromatic carbocycles. The number of nitrogens with one attached hydrogen (secondary N) is 1. The molecule has 2 nitrogen and oxygen atoms in total. The Morgan fingerprint density at radius 3 is 2.94 bits per heavy atom. The van der Waals surface area contributed by atoms with Crippen molar-refractivity contribution in [1.29, 1.82) is 0 Å². The molecule has 1 unspecified atom stereocenters. The SMILES string of the molecule is Cc1cccc(F)c1CC1(O)CCCNC1. The van der Waals surface area contributed by atoms with Crippen LogP contribution >= 0.6 is 0 Å². The molecule has 16 heavy (non-hydrogen) atoms. The van der Waals surface area contributed by atoms with Crippen molar-refractivity contribution in [3.05, 3.63) is 35.1 Å². The van der Waals surface area contributed by atoms with E-state index in [0.717, 1.165) is 24.9 Å². The average molecular weight is 223 g/mol. The smallest absolute Gasteiger partial charge is 0.126 e. The van der Waals surface area contributed by atoms with E-state index in [0.29, 0.717) is 18.5 Å². The fraction of sp³-hybridized carbons (Fsp3) is 0.538. The van der Waals surface area contributed by atoms with Gasteiger partial charge in [0.2, 0.25) is 0 Å². The van der Waals surface area contributed by atoms with Crippen molar-refractivity contribution in [1.82, 2.24) is 5.32 Å². The number of β-amino-alcohol motifs (C(OH)–C–C–N with tert-alkyl or cyclic N) is 1. The summed E-state index contributed by atoms with van der Waals surface area (Å²) in [6.45, 7) is 3.39. The predicted octanol–water partition coefficient (Wildman–Crippen LogP) is 1.79. The maximum Gasteiger partial charge on any atom is 0.126 e. The molecule has 0 radical (unpaired) electrons. The van der Waals surface area contributed by atoms with Crippen LogP contribution in [0.2, 0.25) is 0 Å². The van der Waals surface area contributed by atoms with Gasteiger partial charge in [0.05, 0.1) is 5.60 Å². The van der Waals surface area contributed by atoms with Gasteiger partial charge < -0.3 is 10.4 Å². The van der Waals surface area contributed by atoms with Crippen LogP contribution in [0.4, 0.5) is 4.39 Å². The van der Waals surface area contributed by atoms with E-state index >= 15 is 0 Å². The highest BCUT2D eigenvalue weighted by Crippen LogP contribution is 2.24. The molecule has 0 bridgehead atoms. The molecule has 1 aliphatic rings. The zero-order valence-corrected chi connectivity index (χ0v) is 9.59. The summed E-state index contributed by atoms with van der Waals surface area (Å²) in [4.78, 5) is 0. The lowest BCUT2D eigenvalue weighted by Gasteiger charge is -2.33. The molecular weight excluding hydrogens is 205 g/mol. The Morgan fingerprint density at radius 2 is 2.31 bits per heavy atom. The Labute approximate surface area is 95.5 Å². The molecule has 1 heterocycles. The van der Waals surface area contributed by atoms with Crippen LogP contribution < -0.4 is 5.32 Å². The van der Waals surface area contributed by atoms with Gasteiger partial charge in [-0.05, 0) is 43.5 Å². The average Bonchev–Trinajstić information content (AvgIpc) is 2.25.